The molecule has 3 heterocycles. The molecule has 0 bridgehead atoms. The van der Waals surface area contributed by atoms with Gasteiger partial charge in [0.1, 0.15) is 5.75 Å². The molecular weight excluding hydrogens is 426 g/mol. The van der Waals surface area contributed by atoms with Crippen LogP contribution in [0.5, 0.6) is 5.75 Å². The number of urea groups is 1. The Balaban J connectivity index is 0.00000119. The predicted octanol–water partition coefficient (Wildman–Crippen LogP) is 5.26. The average molecular weight is 456 g/mol. The molecule has 2 aliphatic rings. The number of nitrogens with one attached hydrogen (secondary N) is 1. The first kappa shape index (κ1) is 22.5. The van der Waals surface area contributed by atoms with Crippen LogP contribution in [0.1, 0.15) is 36.7 Å². The summed E-state index contributed by atoms with van der Waals surface area (Å²) in [4.78, 5) is 20.9. The lowest BCUT2D eigenvalue weighted by atomic mass is 9.92. The summed E-state index contributed by atoms with van der Waals surface area (Å²) in [6, 6.07) is 13.7. The highest BCUT2D eigenvalue weighted by atomic mass is 35.5. The molecule has 1 saturated heterocycles. The number of amides is 2. The molecule has 0 radical (unpaired) electrons. The molecule has 0 saturated carbocycles. The molecule has 3 aromatic rings. The maximum absolute atomic E-state index is 13.5. The van der Waals surface area contributed by atoms with Gasteiger partial charge in [-0.2, -0.15) is 0 Å². The highest BCUT2D eigenvalue weighted by molar-refractivity contribution is 6.31. The number of benzene rings is 2. The Kier molecular flexibility index (Phi) is 6.92. The summed E-state index contributed by atoms with van der Waals surface area (Å²) in [6.45, 7) is 7.07. The van der Waals surface area contributed by atoms with Gasteiger partial charge < -0.3 is 24.3 Å². The number of halogens is 1. The van der Waals surface area contributed by atoms with E-state index >= 15 is 0 Å². The number of morpholine rings is 1. The van der Waals surface area contributed by atoms with E-state index in [1.807, 2.05) is 66.1 Å². The van der Waals surface area contributed by atoms with E-state index in [-0.39, 0.29) is 12.1 Å². The largest absolute Gasteiger partial charge is 0.497 e. The van der Waals surface area contributed by atoms with Crippen molar-refractivity contribution in [1.29, 1.82) is 0 Å². The van der Waals surface area contributed by atoms with Crippen LogP contribution in [0.3, 0.4) is 0 Å². The second-order valence-electron chi connectivity index (χ2n) is 7.71. The highest BCUT2D eigenvalue weighted by Crippen LogP contribution is 2.40. The van der Waals surface area contributed by atoms with Crippen LogP contribution in [0.2, 0.25) is 5.02 Å². The number of H-pyrrole nitrogens is 1. The van der Waals surface area contributed by atoms with E-state index in [1.54, 1.807) is 7.11 Å². The lowest BCUT2D eigenvalue weighted by molar-refractivity contribution is 0.0398. The predicted molar refractivity (Wildman–Crippen MR) is 128 cm³/mol. The minimum absolute atomic E-state index is 0.0569. The second-order valence-corrected chi connectivity index (χ2v) is 8.14. The molecule has 2 aromatic carbocycles. The topological polar surface area (TPSA) is 57.8 Å². The second kappa shape index (κ2) is 9.84. The van der Waals surface area contributed by atoms with E-state index in [0.29, 0.717) is 32.8 Å². The van der Waals surface area contributed by atoms with Crippen molar-refractivity contribution < 1.29 is 14.3 Å². The molecule has 5 rings (SSSR count). The molecule has 0 spiro atoms. The zero-order chi connectivity index (χ0) is 22.7. The maximum atomic E-state index is 13.5. The van der Waals surface area contributed by atoms with Crippen LogP contribution in [-0.2, 0) is 11.2 Å². The van der Waals surface area contributed by atoms with Crippen molar-refractivity contribution in [3.05, 3.63) is 64.3 Å². The number of aromatic nitrogens is 1. The number of hydrogen-bond donors (Lipinski definition) is 1. The first-order valence-electron chi connectivity index (χ1n) is 11.2. The molecule has 1 atom stereocenters. The first-order chi connectivity index (χ1) is 15.7. The van der Waals surface area contributed by atoms with Gasteiger partial charge in [-0.05, 0) is 47.9 Å². The smallest absolute Gasteiger partial charge is 0.321 e. The van der Waals surface area contributed by atoms with Gasteiger partial charge in [-0.1, -0.05) is 37.6 Å². The van der Waals surface area contributed by atoms with Gasteiger partial charge in [0.2, 0.25) is 0 Å². The van der Waals surface area contributed by atoms with Gasteiger partial charge in [0.15, 0.2) is 0 Å². The zero-order valence-corrected chi connectivity index (χ0v) is 19.6. The number of carbonyl (C=O) groups excluding carboxylic acids is 1. The van der Waals surface area contributed by atoms with E-state index in [4.69, 9.17) is 21.1 Å². The van der Waals surface area contributed by atoms with Crippen LogP contribution < -0.4 is 4.74 Å². The minimum atomic E-state index is -0.193. The van der Waals surface area contributed by atoms with Crippen molar-refractivity contribution in [2.45, 2.75) is 26.3 Å². The molecule has 32 heavy (non-hydrogen) atoms. The number of fused-ring (bicyclic) bond motifs is 3. The molecule has 0 aliphatic carbocycles. The van der Waals surface area contributed by atoms with E-state index in [1.165, 1.54) is 5.56 Å². The quantitative estimate of drug-likeness (QED) is 0.573. The third-order valence-electron chi connectivity index (χ3n) is 6.05. The molecule has 1 fully saturated rings. The summed E-state index contributed by atoms with van der Waals surface area (Å²) in [7, 11) is 1.66. The van der Waals surface area contributed by atoms with Crippen molar-refractivity contribution in [2.24, 2.45) is 0 Å². The fraction of sp³-hybridized carbons (Fsp3) is 0.400. The number of nitrogens with zero attached hydrogens (tertiary/aromatic N) is 2. The SMILES string of the molecule is CC.COc1ccc(C2c3[nH]c4ccc(Cl)cc4c3CCN2C(=O)N2CCOCC2)cc1. The summed E-state index contributed by atoms with van der Waals surface area (Å²) < 4.78 is 10.8. The van der Waals surface area contributed by atoms with E-state index in [0.717, 1.165) is 39.4 Å². The first-order valence-corrected chi connectivity index (χ1v) is 11.6. The Labute approximate surface area is 194 Å². The molecule has 1 unspecified atom stereocenters. The lowest BCUT2D eigenvalue weighted by Crippen LogP contribution is -2.51. The fourth-order valence-electron chi connectivity index (χ4n) is 4.54. The lowest BCUT2D eigenvalue weighted by Gasteiger charge is -2.40. The zero-order valence-electron chi connectivity index (χ0n) is 18.9. The van der Waals surface area contributed by atoms with Crippen LogP contribution in [-0.4, -0.2) is 60.8 Å². The van der Waals surface area contributed by atoms with Crippen molar-refractivity contribution in [3.63, 3.8) is 0 Å². The monoisotopic (exact) mass is 455 g/mol. The molecule has 6 nitrogen and oxygen atoms in total. The molecule has 1 N–H and O–H groups in total. The Morgan fingerprint density at radius 1 is 1.09 bits per heavy atom. The Hall–Kier alpha value is -2.70. The van der Waals surface area contributed by atoms with Crippen molar-refractivity contribution in [2.75, 3.05) is 40.0 Å². The van der Waals surface area contributed by atoms with Crippen molar-refractivity contribution >= 4 is 28.5 Å². The van der Waals surface area contributed by atoms with Crippen molar-refractivity contribution in [3.8, 4) is 5.75 Å². The van der Waals surface area contributed by atoms with Crippen LogP contribution in [0.15, 0.2) is 42.5 Å². The number of aromatic amines is 1. The van der Waals surface area contributed by atoms with Gasteiger partial charge in [-0.3, -0.25) is 0 Å². The average Bonchev–Trinajstić information content (AvgIpc) is 3.22. The maximum Gasteiger partial charge on any atom is 0.321 e. The van der Waals surface area contributed by atoms with Gasteiger partial charge in [0.25, 0.3) is 0 Å². The number of hydrogen-bond acceptors (Lipinski definition) is 3. The summed E-state index contributed by atoms with van der Waals surface area (Å²) in [5, 5.41) is 1.85. The van der Waals surface area contributed by atoms with Crippen LogP contribution in [0, 0.1) is 0 Å². The molecule has 170 valence electrons. The highest BCUT2D eigenvalue weighted by Gasteiger charge is 2.36. The number of carbonyl (C=O) groups is 1. The van der Waals surface area contributed by atoms with Gasteiger partial charge >= 0.3 is 6.03 Å². The minimum Gasteiger partial charge on any atom is -0.497 e. The summed E-state index contributed by atoms with van der Waals surface area (Å²) in [5.74, 6) is 0.796. The molecule has 7 heteroatoms. The van der Waals surface area contributed by atoms with Crippen LogP contribution in [0.4, 0.5) is 4.79 Å². The Bertz CT molecular complexity index is 1070. The molecular formula is C25H30ClN3O3. The third-order valence-corrected chi connectivity index (χ3v) is 6.28. The molecule has 1 aromatic heterocycles. The van der Waals surface area contributed by atoms with Gasteiger partial charge in [-0.25, -0.2) is 4.79 Å². The van der Waals surface area contributed by atoms with Gasteiger partial charge in [0, 0.05) is 41.3 Å². The van der Waals surface area contributed by atoms with Gasteiger partial charge in [0.05, 0.1) is 26.4 Å². The summed E-state index contributed by atoms with van der Waals surface area (Å²) in [6.07, 6.45) is 0.790. The molecule has 2 amide bonds. The van der Waals surface area contributed by atoms with E-state index < -0.39 is 0 Å². The number of methoxy groups -OCH3 is 1. The fourth-order valence-corrected chi connectivity index (χ4v) is 4.71. The van der Waals surface area contributed by atoms with Crippen molar-refractivity contribution in [1.82, 2.24) is 14.8 Å². The standard InChI is InChI=1S/C23H24ClN3O3.C2H6/c1-29-17-5-2-15(3-6-17)22-21-18(19-14-16(24)4-7-20(19)25-21)8-9-27(22)23(28)26-10-12-30-13-11-26;1-2/h2-7,14,22,25H,8-13H2,1H3;1-2H3. The normalized spacial score (nSPS) is 18.1. The third kappa shape index (κ3) is 4.17. The summed E-state index contributed by atoms with van der Waals surface area (Å²) >= 11 is 6.27. The van der Waals surface area contributed by atoms with Crippen LogP contribution >= 0.6 is 11.6 Å². The van der Waals surface area contributed by atoms with E-state index in [9.17, 15) is 4.79 Å². The Morgan fingerprint density at radius 2 is 1.81 bits per heavy atom. The van der Waals surface area contributed by atoms with Gasteiger partial charge in [-0.15, -0.1) is 0 Å². The van der Waals surface area contributed by atoms with Crippen LogP contribution in [0.25, 0.3) is 10.9 Å². The molecule has 2 aliphatic heterocycles. The summed E-state index contributed by atoms with van der Waals surface area (Å²) in [5.41, 5.74) is 4.39. The number of rotatable bonds is 2. The number of ether oxygens (including phenoxy) is 2. The Morgan fingerprint density at radius 3 is 2.50 bits per heavy atom. The van der Waals surface area contributed by atoms with E-state index in [2.05, 4.69) is 4.98 Å².